The molecule has 0 saturated heterocycles. The SMILES string of the molecule is CC(O)C(NC(=O)C(N)Cc1ccccc1)C(=O)NC(Cc1ccccc1)C(=O)NC(CC(=O)O)C(=O)O. The number of nitrogens with one attached hydrogen (secondary N) is 3. The van der Waals surface area contributed by atoms with Crippen molar-refractivity contribution in [2.24, 2.45) is 5.73 Å². The molecule has 0 aliphatic carbocycles. The summed E-state index contributed by atoms with van der Waals surface area (Å²) in [6.45, 7) is 1.27. The second kappa shape index (κ2) is 14.4. The maximum absolute atomic E-state index is 13.1. The van der Waals surface area contributed by atoms with E-state index < -0.39 is 66.4 Å². The van der Waals surface area contributed by atoms with E-state index in [0.29, 0.717) is 5.56 Å². The Kier molecular flexibility index (Phi) is 11.4. The molecule has 0 spiro atoms. The number of hydrogen-bond donors (Lipinski definition) is 7. The minimum atomic E-state index is -1.74. The molecule has 2 aromatic carbocycles. The van der Waals surface area contributed by atoms with Crippen LogP contribution in [0.25, 0.3) is 0 Å². The lowest BCUT2D eigenvalue weighted by molar-refractivity contribution is -0.147. The third-order valence-corrected chi connectivity index (χ3v) is 5.61. The van der Waals surface area contributed by atoms with Gasteiger partial charge in [-0.2, -0.15) is 0 Å². The van der Waals surface area contributed by atoms with Crippen molar-refractivity contribution in [1.82, 2.24) is 16.0 Å². The van der Waals surface area contributed by atoms with E-state index in [4.69, 9.17) is 10.8 Å². The molecule has 2 rings (SSSR count). The third-order valence-electron chi connectivity index (χ3n) is 5.61. The van der Waals surface area contributed by atoms with Gasteiger partial charge < -0.3 is 37.0 Å². The molecule has 0 aromatic heterocycles. The quantitative estimate of drug-likeness (QED) is 0.163. The molecule has 0 heterocycles. The number of amides is 3. The van der Waals surface area contributed by atoms with Crippen LogP contribution in [-0.4, -0.2) is 75.3 Å². The van der Waals surface area contributed by atoms with Crippen molar-refractivity contribution >= 4 is 29.7 Å². The number of carboxylic acid groups (broad SMARTS) is 2. The van der Waals surface area contributed by atoms with Crippen LogP contribution in [0.3, 0.4) is 0 Å². The Hall–Kier alpha value is -4.29. The van der Waals surface area contributed by atoms with Gasteiger partial charge in [0, 0.05) is 6.42 Å². The average Bonchev–Trinajstić information content (AvgIpc) is 2.86. The zero-order chi connectivity index (χ0) is 28.2. The topological polar surface area (TPSA) is 208 Å². The second-order valence-electron chi connectivity index (χ2n) is 8.77. The van der Waals surface area contributed by atoms with E-state index in [0.717, 1.165) is 5.56 Å². The Bertz CT molecular complexity index is 1110. The van der Waals surface area contributed by atoms with Gasteiger partial charge in [0.15, 0.2) is 0 Å². The minimum Gasteiger partial charge on any atom is -0.481 e. The van der Waals surface area contributed by atoms with Crippen LogP contribution in [-0.2, 0) is 36.8 Å². The van der Waals surface area contributed by atoms with Crippen LogP contribution in [0.15, 0.2) is 60.7 Å². The van der Waals surface area contributed by atoms with E-state index in [1.807, 2.05) is 6.07 Å². The Morgan fingerprint density at radius 2 is 1.24 bits per heavy atom. The summed E-state index contributed by atoms with van der Waals surface area (Å²) in [4.78, 5) is 61.2. The Morgan fingerprint density at radius 1 is 0.737 bits per heavy atom. The Labute approximate surface area is 219 Å². The summed E-state index contributed by atoms with van der Waals surface area (Å²) < 4.78 is 0. The Balaban J connectivity index is 2.18. The van der Waals surface area contributed by atoms with Gasteiger partial charge in [-0.1, -0.05) is 60.7 Å². The van der Waals surface area contributed by atoms with E-state index in [1.54, 1.807) is 54.6 Å². The number of aliphatic hydroxyl groups is 1. The highest BCUT2D eigenvalue weighted by atomic mass is 16.4. The summed E-state index contributed by atoms with van der Waals surface area (Å²) in [5.41, 5.74) is 7.38. The van der Waals surface area contributed by atoms with Crippen molar-refractivity contribution in [1.29, 1.82) is 0 Å². The first-order valence-corrected chi connectivity index (χ1v) is 11.8. The number of benzene rings is 2. The lowest BCUT2D eigenvalue weighted by atomic mass is 10.0. The molecule has 3 amide bonds. The third kappa shape index (κ3) is 9.64. The van der Waals surface area contributed by atoms with Crippen molar-refractivity contribution in [3.8, 4) is 0 Å². The summed E-state index contributed by atoms with van der Waals surface area (Å²) >= 11 is 0. The van der Waals surface area contributed by atoms with Crippen LogP contribution in [0.2, 0.25) is 0 Å². The monoisotopic (exact) mass is 528 g/mol. The number of aliphatic hydroxyl groups excluding tert-OH is 1. The fourth-order valence-electron chi connectivity index (χ4n) is 3.59. The lowest BCUT2D eigenvalue weighted by Crippen LogP contribution is -2.60. The smallest absolute Gasteiger partial charge is 0.326 e. The number of rotatable bonds is 14. The first-order chi connectivity index (χ1) is 18.0. The van der Waals surface area contributed by atoms with Gasteiger partial charge in [0.2, 0.25) is 17.7 Å². The zero-order valence-electron chi connectivity index (χ0n) is 20.7. The molecular weight excluding hydrogens is 496 g/mol. The molecule has 0 aliphatic rings. The highest BCUT2D eigenvalue weighted by Crippen LogP contribution is 2.07. The van der Waals surface area contributed by atoms with E-state index in [9.17, 15) is 34.2 Å². The van der Waals surface area contributed by atoms with Gasteiger partial charge in [-0.3, -0.25) is 19.2 Å². The molecule has 8 N–H and O–H groups in total. The molecule has 5 atom stereocenters. The summed E-state index contributed by atoms with van der Waals surface area (Å²) in [7, 11) is 0. The predicted molar refractivity (Wildman–Crippen MR) is 136 cm³/mol. The molecule has 0 saturated carbocycles. The first-order valence-electron chi connectivity index (χ1n) is 11.8. The number of carboxylic acids is 2. The normalized spacial score (nSPS) is 14.7. The van der Waals surface area contributed by atoms with E-state index in [1.165, 1.54) is 6.92 Å². The maximum atomic E-state index is 13.1. The maximum Gasteiger partial charge on any atom is 0.326 e. The average molecular weight is 529 g/mol. The lowest BCUT2D eigenvalue weighted by Gasteiger charge is -2.26. The summed E-state index contributed by atoms with van der Waals surface area (Å²) in [6, 6.07) is 11.8. The standard InChI is InChI=1S/C26H32N4O8/c1-15(31)22(30-23(34)18(27)12-16-8-4-2-5-9-16)25(36)28-19(13-17-10-6-3-7-11-17)24(35)29-20(26(37)38)14-21(32)33/h2-11,15,18-20,22,31H,12-14,27H2,1H3,(H,28,36)(H,29,35)(H,30,34)(H,32,33)(H,37,38). The summed E-state index contributed by atoms with van der Waals surface area (Å²) in [5.74, 6) is -5.57. The van der Waals surface area contributed by atoms with Crippen LogP contribution in [0, 0.1) is 0 Å². The molecule has 5 unspecified atom stereocenters. The largest absolute Gasteiger partial charge is 0.481 e. The van der Waals surface area contributed by atoms with Crippen molar-refractivity contribution < 1.29 is 39.3 Å². The first kappa shape index (κ1) is 29.9. The molecule has 0 bridgehead atoms. The molecule has 12 nitrogen and oxygen atoms in total. The van der Waals surface area contributed by atoms with Gasteiger partial charge in [0.1, 0.15) is 18.1 Å². The Morgan fingerprint density at radius 3 is 1.71 bits per heavy atom. The van der Waals surface area contributed by atoms with Gasteiger partial charge in [-0.25, -0.2) is 4.79 Å². The number of hydrogen-bond acceptors (Lipinski definition) is 7. The van der Waals surface area contributed by atoms with Gasteiger partial charge in [-0.15, -0.1) is 0 Å². The van der Waals surface area contributed by atoms with Gasteiger partial charge >= 0.3 is 11.9 Å². The van der Waals surface area contributed by atoms with Crippen LogP contribution in [0.4, 0.5) is 0 Å². The van der Waals surface area contributed by atoms with E-state index in [-0.39, 0.29) is 12.8 Å². The molecular formula is C26H32N4O8. The number of nitrogens with two attached hydrogens (primary N) is 1. The summed E-state index contributed by atoms with van der Waals surface area (Å²) in [6.07, 6.45) is -2.15. The summed E-state index contributed by atoms with van der Waals surface area (Å²) in [5, 5.41) is 35.4. The fourth-order valence-corrected chi connectivity index (χ4v) is 3.59. The second-order valence-corrected chi connectivity index (χ2v) is 8.77. The number of carbonyl (C=O) groups is 5. The highest BCUT2D eigenvalue weighted by molar-refractivity contribution is 5.95. The van der Waals surface area contributed by atoms with Crippen molar-refractivity contribution in [2.75, 3.05) is 0 Å². The van der Waals surface area contributed by atoms with Gasteiger partial charge in [-0.05, 0) is 24.5 Å². The highest BCUT2D eigenvalue weighted by Gasteiger charge is 2.33. The van der Waals surface area contributed by atoms with Crippen molar-refractivity contribution in [3.63, 3.8) is 0 Å². The van der Waals surface area contributed by atoms with Crippen molar-refractivity contribution in [2.45, 2.75) is 56.5 Å². The minimum absolute atomic E-state index is 0.0776. The molecule has 38 heavy (non-hydrogen) atoms. The molecule has 0 radical (unpaired) electrons. The van der Waals surface area contributed by atoms with E-state index in [2.05, 4.69) is 16.0 Å². The van der Waals surface area contributed by atoms with Gasteiger partial charge in [0.25, 0.3) is 0 Å². The molecule has 0 aliphatic heterocycles. The van der Waals surface area contributed by atoms with Crippen LogP contribution in [0.1, 0.15) is 24.5 Å². The van der Waals surface area contributed by atoms with Crippen LogP contribution >= 0.6 is 0 Å². The molecule has 0 fully saturated rings. The molecule has 204 valence electrons. The zero-order valence-corrected chi connectivity index (χ0v) is 20.7. The molecule has 12 heteroatoms. The van der Waals surface area contributed by atoms with Gasteiger partial charge in [0.05, 0.1) is 18.6 Å². The van der Waals surface area contributed by atoms with Crippen LogP contribution in [0.5, 0.6) is 0 Å². The van der Waals surface area contributed by atoms with E-state index >= 15 is 0 Å². The predicted octanol–water partition coefficient (Wildman–Crippen LogP) is -0.806. The molecule has 2 aromatic rings. The number of aliphatic carboxylic acids is 2. The number of carbonyl (C=O) groups excluding carboxylic acids is 3. The van der Waals surface area contributed by atoms with Crippen LogP contribution < -0.4 is 21.7 Å². The van der Waals surface area contributed by atoms with Crippen molar-refractivity contribution in [3.05, 3.63) is 71.8 Å². The fraction of sp³-hybridized carbons (Fsp3) is 0.346.